The number of carbonyl (C=O) groups is 2. The molecule has 1 fully saturated rings. The van der Waals surface area contributed by atoms with Gasteiger partial charge in [-0.3, -0.25) is 0 Å². The van der Waals surface area contributed by atoms with E-state index in [9.17, 15) is 9.59 Å². The van der Waals surface area contributed by atoms with Crippen molar-refractivity contribution in [3.8, 4) is 0 Å². The molecule has 0 spiro atoms. The van der Waals surface area contributed by atoms with Crippen LogP contribution >= 0.6 is 11.6 Å². The van der Waals surface area contributed by atoms with Crippen molar-refractivity contribution in [3.63, 3.8) is 0 Å². The van der Waals surface area contributed by atoms with E-state index in [-0.39, 0.29) is 6.03 Å². The minimum atomic E-state index is -0.409. The predicted molar refractivity (Wildman–Crippen MR) is 82.9 cm³/mol. The van der Waals surface area contributed by atoms with Gasteiger partial charge in [0, 0.05) is 40.3 Å². The number of para-hydroxylation sites is 1. The van der Waals surface area contributed by atoms with Crippen molar-refractivity contribution in [1.82, 2.24) is 15.1 Å². The normalized spacial score (nSPS) is 14.8. The van der Waals surface area contributed by atoms with Crippen LogP contribution in [0, 0.1) is 0 Å². The highest BCUT2D eigenvalue weighted by molar-refractivity contribution is 6.33. The molecule has 1 aliphatic heterocycles. The molecule has 0 bridgehead atoms. The number of imide groups is 1. The van der Waals surface area contributed by atoms with E-state index in [0.717, 1.165) is 10.6 Å². The molecule has 7 heteroatoms. The minimum Gasteiger partial charge on any atom is -0.367 e. The van der Waals surface area contributed by atoms with Crippen molar-refractivity contribution >= 4 is 29.4 Å². The maximum Gasteiger partial charge on any atom is 0.327 e. The number of hydrogen-bond donors (Lipinski definition) is 1. The van der Waals surface area contributed by atoms with Gasteiger partial charge in [-0.2, -0.15) is 0 Å². The Hall–Kier alpha value is -1.95. The maximum absolute atomic E-state index is 12.2. The Morgan fingerprint density at radius 1 is 1.19 bits per heavy atom. The molecule has 1 N–H and O–H groups in total. The van der Waals surface area contributed by atoms with E-state index in [0.29, 0.717) is 31.2 Å². The Kier molecular flexibility index (Phi) is 4.90. The molecule has 1 aliphatic rings. The number of urea groups is 2. The van der Waals surface area contributed by atoms with Crippen LogP contribution in [-0.4, -0.2) is 62.1 Å². The summed E-state index contributed by atoms with van der Waals surface area (Å²) in [6, 6.07) is 6.97. The first-order valence-electron chi connectivity index (χ1n) is 6.78. The first-order chi connectivity index (χ1) is 10.0. The van der Waals surface area contributed by atoms with E-state index < -0.39 is 6.03 Å². The third kappa shape index (κ3) is 3.39. The molecule has 2 rings (SSSR count). The molecule has 114 valence electrons. The molecule has 0 radical (unpaired) electrons. The number of benzene rings is 1. The summed E-state index contributed by atoms with van der Waals surface area (Å²) in [4.78, 5) is 28.5. The van der Waals surface area contributed by atoms with Gasteiger partial charge in [0.15, 0.2) is 0 Å². The Balaban J connectivity index is 1.96. The summed E-state index contributed by atoms with van der Waals surface area (Å²) in [5, 5.41) is 3.15. The molecule has 1 aromatic rings. The molecular formula is C14H19ClN4O2. The van der Waals surface area contributed by atoms with E-state index >= 15 is 0 Å². The number of nitrogens with one attached hydrogen (secondary N) is 1. The van der Waals surface area contributed by atoms with E-state index in [2.05, 4.69) is 10.2 Å². The molecule has 1 heterocycles. The third-order valence-electron chi connectivity index (χ3n) is 3.55. The Morgan fingerprint density at radius 3 is 2.38 bits per heavy atom. The minimum absolute atomic E-state index is 0.284. The number of hydrogen-bond acceptors (Lipinski definition) is 3. The Labute approximate surface area is 129 Å². The fourth-order valence-electron chi connectivity index (χ4n) is 2.31. The zero-order valence-corrected chi connectivity index (χ0v) is 12.9. The first kappa shape index (κ1) is 15.4. The van der Waals surface area contributed by atoms with Crippen LogP contribution in [-0.2, 0) is 0 Å². The number of piperazine rings is 1. The molecule has 21 heavy (non-hydrogen) atoms. The number of amides is 4. The summed E-state index contributed by atoms with van der Waals surface area (Å²) < 4.78 is 0. The largest absolute Gasteiger partial charge is 0.367 e. The lowest BCUT2D eigenvalue weighted by atomic mass is 10.2. The van der Waals surface area contributed by atoms with Gasteiger partial charge in [0.05, 0.1) is 10.7 Å². The zero-order chi connectivity index (χ0) is 15.4. The number of carbonyl (C=O) groups excluding carboxylic acids is 2. The van der Waals surface area contributed by atoms with Crippen LogP contribution in [0.3, 0.4) is 0 Å². The van der Waals surface area contributed by atoms with E-state index in [4.69, 9.17) is 11.6 Å². The molecule has 0 aliphatic carbocycles. The summed E-state index contributed by atoms with van der Waals surface area (Å²) >= 11 is 6.18. The van der Waals surface area contributed by atoms with Crippen LogP contribution < -0.4 is 10.2 Å². The summed E-state index contributed by atoms with van der Waals surface area (Å²) in [5.74, 6) is 0. The van der Waals surface area contributed by atoms with Crippen LogP contribution in [0.4, 0.5) is 15.3 Å². The average Bonchev–Trinajstić information content (AvgIpc) is 2.53. The van der Waals surface area contributed by atoms with E-state index in [1.54, 1.807) is 4.90 Å². The lowest BCUT2D eigenvalue weighted by Gasteiger charge is -2.37. The molecule has 1 saturated heterocycles. The molecule has 0 atom stereocenters. The highest BCUT2D eigenvalue weighted by atomic mass is 35.5. The zero-order valence-electron chi connectivity index (χ0n) is 12.2. The predicted octanol–water partition coefficient (Wildman–Crippen LogP) is 1.85. The molecule has 0 unspecified atom stereocenters. The van der Waals surface area contributed by atoms with E-state index in [1.807, 2.05) is 24.3 Å². The topological polar surface area (TPSA) is 55.9 Å². The van der Waals surface area contributed by atoms with Crippen LogP contribution in [0.15, 0.2) is 24.3 Å². The fourth-order valence-corrected chi connectivity index (χ4v) is 2.57. The third-order valence-corrected chi connectivity index (χ3v) is 3.87. The lowest BCUT2D eigenvalue weighted by Crippen LogP contribution is -2.54. The smallest absolute Gasteiger partial charge is 0.327 e. The van der Waals surface area contributed by atoms with Gasteiger partial charge < -0.3 is 15.1 Å². The second-order valence-electron chi connectivity index (χ2n) is 4.82. The highest BCUT2D eigenvalue weighted by Crippen LogP contribution is 2.26. The maximum atomic E-state index is 12.2. The second kappa shape index (κ2) is 6.67. The molecule has 0 saturated carbocycles. The molecular weight excluding hydrogens is 292 g/mol. The van der Waals surface area contributed by atoms with Crippen molar-refractivity contribution in [1.29, 1.82) is 0 Å². The number of nitrogens with zero attached hydrogens (tertiary/aromatic N) is 3. The molecule has 1 aromatic carbocycles. The van der Waals surface area contributed by atoms with Crippen LogP contribution in [0.5, 0.6) is 0 Å². The Morgan fingerprint density at radius 2 is 1.81 bits per heavy atom. The Bertz CT molecular complexity index is 529. The van der Waals surface area contributed by atoms with Gasteiger partial charge in [0.25, 0.3) is 0 Å². The van der Waals surface area contributed by atoms with Crippen molar-refractivity contribution < 1.29 is 9.59 Å². The average molecular weight is 311 g/mol. The summed E-state index contributed by atoms with van der Waals surface area (Å²) in [6.07, 6.45) is 0. The van der Waals surface area contributed by atoms with Crippen molar-refractivity contribution in [2.24, 2.45) is 0 Å². The van der Waals surface area contributed by atoms with Gasteiger partial charge in [0.1, 0.15) is 0 Å². The van der Waals surface area contributed by atoms with Crippen molar-refractivity contribution in [2.75, 3.05) is 45.2 Å². The van der Waals surface area contributed by atoms with Gasteiger partial charge >= 0.3 is 12.1 Å². The quantitative estimate of drug-likeness (QED) is 0.861. The number of anilines is 1. The summed E-state index contributed by atoms with van der Waals surface area (Å²) in [6.45, 7) is 2.50. The van der Waals surface area contributed by atoms with E-state index in [1.165, 1.54) is 14.1 Å². The van der Waals surface area contributed by atoms with Gasteiger partial charge in [-0.15, -0.1) is 0 Å². The summed E-state index contributed by atoms with van der Waals surface area (Å²) in [5.41, 5.74) is 0.978. The van der Waals surface area contributed by atoms with Gasteiger partial charge in [-0.25, -0.2) is 14.5 Å². The number of halogens is 1. The highest BCUT2D eigenvalue weighted by Gasteiger charge is 2.26. The fraction of sp³-hybridized carbons (Fsp3) is 0.429. The van der Waals surface area contributed by atoms with Crippen molar-refractivity contribution in [3.05, 3.63) is 29.3 Å². The van der Waals surface area contributed by atoms with Crippen LogP contribution in [0.2, 0.25) is 5.02 Å². The van der Waals surface area contributed by atoms with Gasteiger partial charge in [0.2, 0.25) is 0 Å². The molecule has 6 nitrogen and oxygen atoms in total. The number of rotatable bonds is 1. The first-order valence-corrected chi connectivity index (χ1v) is 7.16. The SMILES string of the molecule is CNC(=O)N(C)C(=O)N1CCN(c2ccccc2Cl)CC1. The lowest BCUT2D eigenvalue weighted by molar-refractivity contribution is 0.160. The summed E-state index contributed by atoms with van der Waals surface area (Å²) in [7, 11) is 2.98. The molecule has 4 amide bonds. The van der Waals surface area contributed by atoms with Crippen LogP contribution in [0.1, 0.15) is 0 Å². The standard InChI is InChI=1S/C14H19ClN4O2/c1-16-13(20)17(2)14(21)19-9-7-18(8-10-19)12-6-4-3-5-11(12)15/h3-6H,7-10H2,1-2H3,(H,16,20). The van der Waals surface area contributed by atoms with Crippen molar-refractivity contribution in [2.45, 2.75) is 0 Å². The monoisotopic (exact) mass is 310 g/mol. The second-order valence-corrected chi connectivity index (χ2v) is 5.23. The molecule has 0 aromatic heterocycles. The van der Waals surface area contributed by atoms with Gasteiger partial charge in [-0.05, 0) is 12.1 Å². The van der Waals surface area contributed by atoms with Gasteiger partial charge in [-0.1, -0.05) is 23.7 Å². The van der Waals surface area contributed by atoms with Crippen LogP contribution in [0.25, 0.3) is 0 Å².